The summed E-state index contributed by atoms with van der Waals surface area (Å²) in [6.07, 6.45) is 9.43. The number of amides is 4. The number of ether oxygens (including phenoxy) is 3. The van der Waals surface area contributed by atoms with E-state index in [1.165, 1.54) is 29.4 Å². The van der Waals surface area contributed by atoms with E-state index in [-0.39, 0.29) is 81.0 Å². The highest BCUT2D eigenvalue weighted by molar-refractivity contribution is 6.03. The van der Waals surface area contributed by atoms with Gasteiger partial charge in [-0.2, -0.15) is 10.2 Å². The number of piperidine rings is 2. The molecule has 3 saturated heterocycles. The summed E-state index contributed by atoms with van der Waals surface area (Å²) in [6.45, 7) is 12.0. The number of nitrogens with two attached hydrogens (primary N) is 4. The van der Waals surface area contributed by atoms with Crippen LogP contribution in [0, 0.1) is 11.8 Å². The molecule has 0 radical (unpaired) electrons. The van der Waals surface area contributed by atoms with Crippen molar-refractivity contribution in [3.05, 3.63) is 218 Å². The maximum atomic E-state index is 13.6. The molecule has 5 aromatic heterocycles. The van der Waals surface area contributed by atoms with E-state index in [9.17, 15) is 24.0 Å². The first kappa shape index (κ1) is 73.4. The third-order valence-corrected chi connectivity index (χ3v) is 17.2. The number of carbonyl (C=O) groups excluding carboxylic acids is 4. The van der Waals surface area contributed by atoms with Crippen molar-refractivity contribution in [2.75, 3.05) is 56.5 Å². The second-order valence-electron chi connectivity index (χ2n) is 23.5. The number of likely N-dealkylation sites (tertiary alicyclic amines) is 3. The molecule has 11 aromatic rings. The fraction of sp³-hybridized carbons (Fsp3) is 0.234. The van der Waals surface area contributed by atoms with Gasteiger partial charge in [0.05, 0.1) is 29.2 Å². The summed E-state index contributed by atoms with van der Waals surface area (Å²) in [5.74, 6) is 9.10. The number of nitrogens with zero attached hydrogens (tertiary/aromatic N) is 13. The second kappa shape index (κ2) is 33.1. The number of carbonyl (C=O) groups is 4. The molecule has 25 nitrogen and oxygen atoms in total. The van der Waals surface area contributed by atoms with E-state index in [4.69, 9.17) is 42.2 Å². The van der Waals surface area contributed by atoms with Gasteiger partial charge >= 0.3 is 5.69 Å². The highest BCUT2D eigenvalue weighted by atomic mass is 16.5. The van der Waals surface area contributed by atoms with Crippen LogP contribution in [0.3, 0.4) is 0 Å². The molecule has 6 aromatic carbocycles. The van der Waals surface area contributed by atoms with Gasteiger partial charge in [0.1, 0.15) is 81.3 Å². The van der Waals surface area contributed by atoms with Gasteiger partial charge in [-0.05, 0) is 166 Å². The normalized spacial score (nSPS) is 15.2. The molecule has 14 rings (SSSR count). The van der Waals surface area contributed by atoms with Crippen molar-refractivity contribution in [2.45, 2.75) is 79.4 Å². The van der Waals surface area contributed by atoms with Crippen LogP contribution in [0.4, 0.5) is 17.5 Å². The maximum absolute atomic E-state index is 13.6. The number of hydrogen-bond acceptors (Lipinski definition) is 17. The minimum absolute atomic E-state index is 0. The minimum atomic E-state index is -0.650. The van der Waals surface area contributed by atoms with Gasteiger partial charge in [-0.15, -0.1) is 0 Å². The summed E-state index contributed by atoms with van der Waals surface area (Å²) < 4.78 is 24.2. The van der Waals surface area contributed by atoms with E-state index in [1.54, 1.807) is 67.3 Å². The van der Waals surface area contributed by atoms with Gasteiger partial charge in [0.25, 0.3) is 11.8 Å². The number of hydrogen-bond donors (Lipinski definition) is 4. The molecule has 0 bridgehead atoms. The zero-order valence-electron chi connectivity index (χ0n) is 54.2. The zero-order valence-corrected chi connectivity index (χ0v) is 54.2. The summed E-state index contributed by atoms with van der Waals surface area (Å²) in [7, 11) is 0. The quantitative estimate of drug-likeness (QED) is 0.0547. The smallest absolute Gasteiger partial charge is 0.335 e. The molecule has 4 amide bonds. The first-order chi connectivity index (χ1) is 48.2. The lowest BCUT2D eigenvalue weighted by Crippen LogP contribution is -2.40. The molecule has 3 fully saturated rings. The Morgan fingerprint density at radius 1 is 0.520 bits per heavy atom. The molecule has 8 N–H and O–H groups in total. The number of rotatable bonds is 15. The lowest BCUT2D eigenvalue weighted by Gasteiger charge is -2.32. The average molecular weight is 1370 g/mol. The lowest BCUT2D eigenvalue weighted by atomic mass is 10.1. The molecule has 0 aliphatic carbocycles. The predicted octanol–water partition coefficient (Wildman–Crippen LogP) is 12.3. The third-order valence-electron chi connectivity index (χ3n) is 17.2. The Bertz CT molecular complexity index is 4890. The molecule has 0 spiro atoms. The summed E-state index contributed by atoms with van der Waals surface area (Å²) >= 11 is 0. The Labute approximate surface area is 591 Å². The fourth-order valence-electron chi connectivity index (χ4n) is 12.4. The number of benzene rings is 6. The summed E-state index contributed by atoms with van der Waals surface area (Å²) in [5.41, 5.74) is 29.1. The van der Waals surface area contributed by atoms with Crippen LogP contribution in [0.5, 0.6) is 34.5 Å². The molecule has 0 saturated carbocycles. The van der Waals surface area contributed by atoms with Crippen LogP contribution < -0.4 is 42.8 Å². The molecule has 3 aliphatic rings. The first-order valence-electron chi connectivity index (χ1n) is 32.1. The van der Waals surface area contributed by atoms with Gasteiger partial charge < -0.3 is 51.8 Å². The van der Waals surface area contributed by atoms with Crippen molar-refractivity contribution in [1.29, 1.82) is 0 Å². The number of fused-ring (bicyclic) bond motifs is 2. The predicted molar refractivity (Wildman–Crippen MR) is 397 cm³/mol. The molecule has 8 heterocycles. The SMILES string of the molecule is C.C.C.C=CC(=O)N1CCC[C@@H](n2nc(-c3ccc(Oc4ccccc4)cc3)c(C(N)=O)c2N)C1.C=CC(=O)N1CCC[C@@H](n2nc(-c3ccc(Oc4ccccc4)cc3)c3c(N)ncnc32)C1.CC#CC(=O)N1CC[C@@H](n2c(=O)n(-c3ccc(Oc4ccccc4)cc3)c3c(N)ncnc32)C1. The number of primary amides is 1. The van der Waals surface area contributed by atoms with Crippen LogP contribution >= 0.6 is 0 Å². The van der Waals surface area contributed by atoms with Gasteiger partial charge in [0.15, 0.2) is 17.1 Å². The molecule has 102 heavy (non-hydrogen) atoms. The van der Waals surface area contributed by atoms with Gasteiger partial charge in [-0.1, -0.05) is 96.0 Å². The topological polar surface area (TPSA) is 324 Å². The Hall–Kier alpha value is -12.9. The van der Waals surface area contributed by atoms with E-state index in [0.717, 1.165) is 54.2 Å². The van der Waals surface area contributed by atoms with Gasteiger partial charge in [0, 0.05) is 50.4 Å². The van der Waals surface area contributed by atoms with Crippen molar-refractivity contribution in [2.24, 2.45) is 5.73 Å². The standard InChI is InChI=1S/C25H22N6O3.C25H24N6O2.C24H25N5O3.3CH4/c1-2-6-21(32)29-14-13-18(15-29)31-24-22(23(26)27-16-28-24)30(25(31)33)17-9-11-20(12-10-17)34-19-7-4-3-5-8-19;1-2-21(32)30-14-6-7-18(15-30)31-25-22(24(26)27-16-28-25)23(29-31)17-10-12-20(13-11-17)33-19-8-4-3-5-9-19;1-2-20(30)28-14-6-7-17(15-28)29-23(25)21(24(26)31)22(27-29)16-10-12-19(13-11-16)32-18-8-4-3-5-9-18;;;/h3-5,7-12,16,18H,13-15H2,1H3,(H2,26,27,28);2-5,8-13,16,18H,1,6-7,14-15H2,(H2,26,27,28);2-5,8-13,17H,1,6-7,14-15,25H2,(H2,26,31);3*1H4/t2*18-;17-;;;/m111.../s1. The van der Waals surface area contributed by atoms with E-state index < -0.39 is 5.91 Å². The monoisotopic (exact) mass is 1370 g/mol. The van der Waals surface area contributed by atoms with E-state index in [1.807, 2.05) is 132 Å². The van der Waals surface area contributed by atoms with Gasteiger partial charge in [0.2, 0.25) is 11.8 Å². The van der Waals surface area contributed by atoms with Crippen LogP contribution in [0.2, 0.25) is 0 Å². The number of imidazole rings is 1. The average Bonchev–Trinajstić information content (AvgIpc) is 1.60. The largest absolute Gasteiger partial charge is 0.457 e. The Morgan fingerprint density at radius 2 is 0.961 bits per heavy atom. The highest BCUT2D eigenvalue weighted by Crippen LogP contribution is 2.37. The second-order valence-corrected chi connectivity index (χ2v) is 23.5. The lowest BCUT2D eigenvalue weighted by molar-refractivity contribution is -0.128. The summed E-state index contributed by atoms with van der Waals surface area (Å²) in [5, 5.41) is 10.3. The Balaban J connectivity index is 0.000000175. The van der Waals surface area contributed by atoms with Crippen molar-refractivity contribution in [3.63, 3.8) is 0 Å². The third kappa shape index (κ3) is 16.0. The number of nitrogen functional groups attached to an aromatic ring is 3. The van der Waals surface area contributed by atoms with E-state index in [0.29, 0.717) is 108 Å². The number of anilines is 3. The van der Waals surface area contributed by atoms with E-state index in [2.05, 4.69) is 50.0 Å². The molecule has 3 atom stereocenters. The minimum Gasteiger partial charge on any atom is -0.457 e. The summed E-state index contributed by atoms with van der Waals surface area (Å²) in [6, 6.07) is 50.2. The number of aromatic nitrogens is 10. The maximum Gasteiger partial charge on any atom is 0.335 e. The van der Waals surface area contributed by atoms with Crippen molar-refractivity contribution in [1.82, 2.24) is 63.3 Å². The number of para-hydroxylation sites is 3. The molecule has 524 valence electrons. The van der Waals surface area contributed by atoms with Crippen LogP contribution in [0.15, 0.2) is 207 Å². The van der Waals surface area contributed by atoms with Crippen LogP contribution in [-0.2, 0) is 14.4 Å². The summed E-state index contributed by atoms with van der Waals surface area (Å²) in [4.78, 5) is 84.6. The van der Waals surface area contributed by atoms with Crippen molar-refractivity contribution >= 4 is 63.3 Å². The highest BCUT2D eigenvalue weighted by Gasteiger charge is 2.34. The fourth-order valence-corrected chi connectivity index (χ4v) is 12.4. The Kier molecular flexibility index (Phi) is 23.8. The van der Waals surface area contributed by atoms with Crippen LogP contribution in [0.25, 0.3) is 50.4 Å². The molecule has 3 aliphatic heterocycles. The molecular formula is C77H83N17O8. The van der Waals surface area contributed by atoms with Crippen molar-refractivity contribution in [3.8, 4) is 74.5 Å². The van der Waals surface area contributed by atoms with Gasteiger partial charge in [-0.3, -0.25) is 28.3 Å². The zero-order chi connectivity index (χ0) is 69.1. The van der Waals surface area contributed by atoms with E-state index >= 15 is 0 Å². The molecular weight excluding hydrogens is 1290 g/mol. The van der Waals surface area contributed by atoms with Gasteiger partial charge in [-0.25, -0.2) is 34.1 Å². The first-order valence-corrected chi connectivity index (χ1v) is 32.1. The molecule has 25 heteroatoms. The van der Waals surface area contributed by atoms with Crippen LogP contribution in [-0.4, -0.2) is 126 Å². The Morgan fingerprint density at radius 3 is 1.45 bits per heavy atom. The van der Waals surface area contributed by atoms with Crippen molar-refractivity contribution < 1.29 is 33.4 Å². The molecule has 0 unspecified atom stereocenters. The van der Waals surface area contributed by atoms with Crippen LogP contribution in [0.1, 0.15) is 89.8 Å².